The van der Waals surface area contributed by atoms with Gasteiger partial charge in [-0.3, -0.25) is 4.98 Å². The number of nitriles is 1. The van der Waals surface area contributed by atoms with Crippen LogP contribution in [0, 0.1) is 23.2 Å². The Hall–Kier alpha value is -3.26. The van der Waals surface area contributed by atoms with Crippen LogP contribution in [0.1, 0.15) is 42.5 Å². The molecule has 27 heavy (non-hydrogen) atoms. The largest absolute Gasteiger partial charge is 0.342 e. The molecule has 5 nitrogen and oxygen atoms in total. The van der Waals surface area contributed by atoms with Crippen molar-refractivity contribution in [1.82, 2.24) is 15.4 Å². The molecule has 1 aromatic carbocycles. The molecule has 1 aliphatic carbocycles. The van der Waals surface area contributed by atoms with Crippen molar-refractivity contribution in [2.45, 2.75) is 26.2 Å². The number of hydrogen-bond acceptors (Lipinski definition) is 5. The van der Waals surface area contributed by atoms with E-state index < -0.39 is 0 Å². The first-order valence-electron chi connectivity index (χ1n) is 9.12. The molecule has 0 fully saturated rings. The number of pyridine rings is 1. The average molecular weight is 356 g/mol. The molecule has 0 saturated heterocycles. The highest BCUT2D eigenvalue weighted by Crippen LogP contribution is 2.39. The van der Waals surface area contributed by atoms with Crippen LogP contribution in [0.4, 0.5) is 0 Å². The lowest BCUT2D eigenvalue weighted by Gasteiger charge is -2.29. The monoisotopic (exact) mass is 356 g/mol. The summed E-state index contributed by atoms with van der Waals surface area (Å²) in [7, 11) is 0. The zero-order valence-corrected chi connectivity index (χ0v) is 15.3. The maximum absolute atomic E-state index is 9.27. The van der Waals surface area contributed by atoms with Gasteiger partial charge in [0.15, 0.2) is 5.76 Å². The minimum Gasteiger partial charge on any atom is -0.342 e. The number of nitrogens with zero attached hydrogens (tertiary/aromatic N) is 4. The van der Waals surface area contributed by atoms with Gasteiger partial charge in [-0.05, 0) is 30.0 Å². The molecule has 0 saturated carbocycles. The zero-order valence-electron chi connectivity index (χ0n) is 15.3. The fourth-order valence-corrected chi connectivity index (χ4v) is 3.66. The highest BCUT2D eigenvalue weighted by atomic mass is 16.5. The second-order valence-electron chi connectivity index (χ2n) is 7.14. The van der Waals surface area contributed by atoms with Crippen LogP contribution in [0.15, 0.2) is 53.2 Å². The second-order valence-corrected chi connectivity index (χ2v) is 7.14. The molecule has 0 bridgehead atoms. The van der Waals surface area contributed by atoms with Crippen LogP contribution in [0.5, 0.6) is 0 Å². The standard InChI is InChI=1S/C22H20N4O/c1-14-11-21-22(25-26-27-21)19(15(14)2)10-9-18-8-7-17(13-24-18)20-6-4-3-5-16(20)12-23/h3-10,13-15,19H,11H2,1-2H3/b10-9+/t14-,15+,19-/m0/s1. The Kier molecular flexibility index (Phi) is 4.55. The summed E-state index contributed by atoms with van der Waals surface area (Å²) in [5.74, 6) is 2.05. The van der Waals surface area contributed by atoms with Gasteiger partial charge < -0.3 is 4.52 Å². The average Bonchev–Trinajstić information content (AvgIpc) is 3.16. The molecule has 0 N–H and O–H groups in total. The van der Waals surface area contributed by atoms with Gasteiger partial charge in [0.2, 0.25) is 0 Å². The highest BCUT2D eigenvalue weighted by Gasteiger charge is 2.34. The van der Waals surface area contributed by atoms with Gasteiger partial charge in [-0.25, -0.2) is 0 Å². The summed E-state index contributed by atoms with van der Waals surface area (Å²) in [6.07, 6.45) is 6.87. The van der Waals surface area contributed by atoms with Crippen molar-refractivity contribution in [1.29, 1.82) is 5.26 Å². The molecule has 0 aliphatic heterocycles. The molecule has 0 radical (unpaired) electrons. The van der Waals surface area contributed by atoms with Crippen molar-refractivity contribution in [3.8, 4) is 17.2 Å². The van der Waals surface area contributed by atoms with Crippen LogP contribution in [0.25, 0.3) is 17.2 Å². The minimum atomic E-state index is 0.177. The zero-order chi connectivity index (χ0) is 18.8. The topological polar surface area (TPSA) is 75.6 Å². The Balaban J connectivity index is 1.58. The molecular formula is C22H20N4O. The van der Waals surface area contributed by atoms with E-state index in [0.717, 1.165) is 34.7 Å². The number of rotatable bonds is 3. The van der Waals surface area contributed by atoms with Crippen molar-refractivity contribution >= 4 is 6.08 Å². The number of fused-ring (bicyclic) bond motifs is 1. The van der Waals surface area contributed by atoms with Gasteiger partial charge in [-0.2, -0.15) is 5.26 Å². The third kappa shape index (κ3) is 3.26. The number of aromatic nitrogens is 3. The van der Waals surface area contributed by atoms with Crippen molar-refractivity contribution in [2.24, 2.45) is 11.8 Å². The van der Waals surface area contributed by atoms with E-state index in [-0.39, 0.29) is 5.92 Å². The quantitative estimate of drug-likeness (QED) is 0.684. The summed E-state index contributed by atoms with van der Waals surface area (Å²) in [6.45, 7) is 4.48. The van der Waals surface area contributed by atoms with Gasteiger partial charge in [0.1, 0.15) is 5.69 Å². The first-order chi connectivity index (χ1) is 13.2. The summed E-state index contributed by atoms with van der Waals surface area (Å²) in [4.78, 5) is 4.55. The lowest BCUT2D eigenvalue weighted by atomic mass is 9.74. The summed E-state index contributed by atoms with van der Waals surface area (Å²) in [6, 6.07) is 13.8. The number of benzene rings is 1. The van der Waals surface area contributed by atoms with Crippen LogP contribution < -0.4 is 0 Å². The lowest BCUT2D eigenvalue weighted by molar-refractivity contribution is 0.282. The maximum atomic E-state index is 9.27. The predicted octanol–water partition coefficient (Wildman–Crippen LogP) is 4.63. The number of allylic oxidation sites excluding steroid dienone is 1. The highest BCUT2D eigenvalue weighted by molar-refractivity contribution is 5.70. The van der Waals surface area contributed by atoms with Gasteiger partial charge >= 0.3 is 0 Å². The van der Waals surface area contributed by atoms with Crippen molar-refractivity contribution in [3.63, 3.8) is 0 Å². The lowest BCUT2D eigenvalue weighted by Crippen LogP contribution is -2.24. The van der Waals surface area contributed by atoms with E-state index in [1.807, 2.05) is 48.7 Å². The molecule has 134 valence electrons. The smallest absolute Gasteiger partial charge is 0.161 e. The first-order valence-corrected chi connectivity index (χ1v) is 9.12. The summed E-state index contributed by atoms with van der Waals surface area (Å²) < 4.78 is 5.31. The minimum absolute atomic E-state index is 0.177. The third-order valence-electron chi connectivity index (χ3n) is 5.49. The van der Waals surface area contributed by atoms with E-state index in [0.29, 0.717) is 17.4 Å². The van der Waals surface area contributed by atoms with Crippen molar-refractivity contribution in [3.05, 3.63) is 71.4 Å². The van der Waals surface area contributed by atoms with Crippen LogP contribution in [-0.2, 0) is 6.42 Å². The molecule has 4 rings (SSSR count). The van der Waals surface area contributed by atoms with E-state index >= 15 is 0 Å². The van der Waals surface area contributed by atoms with Gasteiger partial charge in [0.05, 0.1) is 17.3 Å². The maximum Gasteiger partial charge on any atom is 0.161 e. The van der Waals surface area contributed by atoms with Crippen LogP contribution >= 0.6 is 0 Å². The van der Waals surface area contributed by atoms with Crippen LogP contribution in [0.2, 0.25) is 0 Å². The number of hydrogen-bond donors (Lipinski definition) is 0. The molecule has 2 aromatic heterocycles. The third-order valence-corrected chi connectivity index (χ3v) is 5.49. The molecule has 2 heterocycles. The summed E-state index contributed by atoms with van der Waals surface area (Å²) in [5, 5.41) is 17.2. The van der Waals surface area contributed by atoms with E-state index in [1.54, 1.807) is 0 Å². The van der Waals surface area contributed by atoms with E-state index in [2.05, 4.69) is 41.3 Å². The van der Waals surface area contributed by atoms with Crippen molar-refractivity contribution in [2.75, 3.05) is 0 Å². The molecule has 3 aromatic rings. The molecule has 0 spiro atoms. The SMILES string of the molecule is C[C@H]1[C@H](/C=C/c2ccc(-c3ccccc3C#N)cn2)c2nnoc2C[C@@H]1C. The Morgan fingerprint density at radius 3 is 2.81 bits per heavy atom. The fraction of sp³-hybridized carbons (Fsp3) is 0.273. The van der Waals surface area contributed by atoms with E-state index in [1.165, 1.54) is 0 Å². The van der Waals surface area contributed by atoms with Crippen LogP contribution in [-0.4, -0.2) is 15.4 Å². The molecular weight excluding hydrogens is 336 g/mol. The Labute approximate surface area is 158 Å². The summed E-state index contributed by atoms with van der Waals surface area (Å²) in [5.41, 5.74) is 4.30. The molecule has 1 aliphatic rings. The molecule has 0 amide bonds. The Bertz CT molecular complexity index is 1010. The predicted molar refractivity (Wildman–Crippen MR) is 102 cm³/mol. The Morgan fingerprint density at radius 2 is 2.04 bits per heavy atom. The van der Waals surface area contributed by atoms with Crippen molar-refractivity contribution < 1.29 is 4.52 Å². The Morgan fingerprint density at radius 1 is 1.19 bits per heavy atom. The van der Waals surface area contributed by atoms with Gasteiger partial charge in [0.25, 0.3) is 0 Å². The fourth-order valence-electron chi connectivity index (χ4n) is 3.66. The van der Waals surface area contributed by atoms with Crippen LogP contribution in [0.3, 0.4) is 0 Å². The second kappa shape index (κ2) is 7.16. The normalized spacial score (nSPS) is 21.7. The molecule has 5 heteroatoms. The molecule has 0 unspecified atom stereocenters. The first kappa shape index (κ1) is 17.2. The van der Waals surface area contributed by atoms with E-state index in [4.69, 9.17) is 4.52 Å². The van der Waals surface area contributed by atoms with Gasteiger partial charge in [-0.1, -0.05) is 44.2 Å². The molecule has 3 atom stereocenters. The summed E-state index contributed by atoms with van der Waals surface area (Å²) >= 11 is 0. The van der Waals surface area contributed by atoms with Gasteiger partial charge in [0, 0.05) is 34.9 Å². The van der Waals surface area contributed by atoms with E-state index in [9.17, 15) is 5.26 Å². The van der Waals surface area contributed by atoms with Gasteiger partial charge in [-0.15, -0.1) is 5.10 Å².